The van der Waals surface area contributed by atoms with Crippen molar-refractivity contribution in [3.05, 3.63) is 0 Å². The Morgan fingerprint density at radius 2 is 1.76 bits per heavy atom. The molecule has 98 valence electrons. The van der Waals surface area contributed by atoms with Crippen molar-refractivity contribution in [3.63, 3.8) is 0 Å². The standard InChI is InChI=1S/C13H23NO3/c15-12-2-1-7-14(10-12)11-3-5-13(6-4-11)16-8-9-17-13/h11-12,15H,1-10H2/t12-/m0/s1. The van der Waals surface area contributed by atoms with Crippen molar-refractivity contribution < 1.29 is 14.6 Å². The van der Waals surface area contributed by atoms with Gasteiger partial charge in [0.1, 0.15) is 0 Å². The Labute approximate surface area is 103 Å². The summed E-state index contributed by atoms with van der Waals surface area (Å²) in [6.45, 7) is 3.52. The second kappa shape index (κ2) is 4.84. The Kier molecular flexibility index (Phi) is 3.39. The molecule has 1 atom stereocenters. The number of β-amino-alcohol motifs (C(OH)–C–C–N with tert-alkyl or cyclic N) is 1. The highest BCUT2D eigenvalue weighted by Gasteiger charge is 2.41. The molecule has 0 bridgehead atoms. The van der Waals surface area contributed by atoms with Gasteiger partial charge in [-0.3, -0.25) is 4.90 Å². The largest absolute Gasteiger partial charge is 0.392 e. The minimum absolute atomic E-state index is 0.112. The first-order valence-electron chi connectivity index (χ1n) is 6.97. The van der Waals surface area contributed by atoms with Crippen LogP contribution in [0.3, 0.4) is 0 Å². The van der Waals surface area contributed by atoms with Gasteiger partial charge in [0.25, 0.3) is 0 Å². The highest BCUT2D eigenvalue weighted by molar-refractivity contribution is 4.88. The Bertz CT molecular complexity index is 255. The molecule has 0 unspecified atom stereocenters. The van der Waals surface area contributed by atoms with Crippen molar-refractivity contribution in [2.75, 3.05) is 26.3 Å². The summed E-state index contributed by atoms with van der Waals surface area (Å²) in [7, 11) is 0. The van der Waals surface area contributed by atoms with E-state index in [1.54, 1.807) is 0 Å². The molecule has 0 amide bonds. The van der Waals surface area contributed by atoms with Gasteiger partial charge in [-0.1, -0.05) is 0 Å². The Morgan fingerprint density at radius 3 is 2.41 bits per heavy atom. The van der Waals surface area contributed by atoms with Crippen molar-refractivity contribution in [2.45, 2.75) is 56.5 Å². The number of hydrogen-bond acceptors (Lipinski definition) is 4. The van der Waals surface area contributed by atoms with Crippen LogP contribution < -0.4 is 0 Å². The quantitative estimate of drug-likeness (QED) is 0.747. The Morgan fingerprint density at radius 1 is 1.06 bits per heavy atom. The van der Waals surface area contributed by atoms with E-state index in [2.05, 4.69) is 4.90 Å². The zero-order valence-corrected chi connectivity index (χ0v) is 10.4. The molecular formula is C13H23NO3. The molecule has 3 aliphatic rings. The van der Waals surface area contributed by atoms with Crippen LogP contribution in [-0.2, 0) is 9.47 Å². The van der Waals surface area contributed by atoms with Crippen LogP contribution in [0.15, 0.2) is 0 Å². The van der Waals surface area contributed by atoms with E-state index in [-0.39, 0.29) is 11.9 Å². The normalized spacial score (nSPS) is 35.5. The van der Waals surface area contributed by atoms with Gasteiger partial charge in [0.15, 0.2) is 5.79 Å². The van der Waals surface area contributed by atoms with Crippen LogP contribution in [0.1, 0.15) is 38.5 Å². The average molecular weight is 241 g/mol. The van der Waals surface area contributed by atoms with Gasteiger partial charge in [0, 0.05) is 25.4 Å². The molecule has 1 aliphatic carbocycles. The summed E-state index contributed by atoms with van der Waals surface area (Å²) in [5, 5.41) is 9.72. The number of likely N-dealkylation sites (tertiary alicyclic amines) is 1. The molecule has 1 spiro atoms. The second-order valence-corrected chi connectivity index (χ2v) is 5.63. The van der Waals surface area contributed by atoms with Crippen LogP contribution in [0.2, 0.25) is 0 Å². The third-order valence-corrected chi connectivity index (χ3v) is 4.47. The SMILES string of the molecule is O[C@H]1CCCN(C2CCC3(CC2)OCCO3)C1. The number of hydrogen-bond donors (Lipinski definition) is 1. The first-order chi connectivity index (χ1) is 8.27. The van der Waals surface area contributed by atoms with E-state index in [0.29, 0.717) is 6.04 Å². The van der Waals surface area contributed by atoms with E-state index in [4.69, 9.17) is 9.47 Å². The molecule has 4 heteroatoms. The number of ether oxygens (including phenoxy) is 2. The average Bonchev–Trinajstić information content (AvgIpc) is 2.79. The van der Waals surface area contributed by atoms with E-state index in [1.807, 2.05) is 0 Å². The molecule has 3 rings (SSSR count). The summed E-state index contributed by atoms with van der Waals surface area (Å²) in [4.78, 5) is 2.47. The van der Waals surface area contributed by atoms with E-state index >= 15 is 0 Å². The smallest absolute Gasteiger partial charge is 0.168 e. The number of aliphatic hydroxyl groups is 1. The maximum Gasteiger partial charge on any atom is 0.168 e. The molecule has 4 nitrogen and oxygen atoms in total. The first kappa shape index (κ1) is 11.9. The molecular weight excluding hydrogens is 218 g/mol. The molecule has 2 saturated heterocycles. The van der Waals surface area contributed by atoms with Gasteiger partial charge < -0.3 is 14.6 Å². The van der Waals surface area contributed by atoms with Crippen LogP contribution in [0.4, 0.5) is 0 Å². The molecule has 2 heterocycles. The highest BCUT2D eigenvalue weighted by atomic mass is 16.7. The van der Waals surface area contributed by atoms with Crippen molar-refractivity contribution in [1.82, 2.24) is 4.90 Å². The second-order valence-electron chi connectivity index (χ2n) is 5.63. The molecule has 1 N–H and O–H groups in total. The van der Waals surface area contributed by atoms with E-state index < -0.39 is 0 Å². The zero-order chi connectivity index (χ0) is 11.7. The number of aliphatic hydroxyl groups excluding tert-OH is 1. The van der Waals surface area contributed by atoms with Gasteiger partial charge in [-0.05, 0) is 32.2 Å². The van der Waals surface area contributed by atoms with Crippen molar-refractivity contribution >= 4 is 0 Å². The maximum atomic E-state index is 9.72. The van der Waals surface area contributed by atoms with E-state index in [9.17, 15) is 5.11 Å². The van der Waals surface area contributed by atoms with Crippen LogP contribution in [-0.4, -0.2) is 54.2 Å². The molecule has 0 aromatic rings. The lowest BCUT2D eigenvalue weighted by Gasteiger charge is -2.42. The molecule has 3 fully saturated rings. The molecule has 0 aromatic carbocycles. The van der Waals surface area contributed by atoms with Crippen molar-refractivity contribution in [1.29, 1.82) is 0 Å². The Balaban J connectivity index is 1.53. The van der Waals surface area contributed by atoms with Gasteiger partial charge in [-0.2, -0.15) is 0 Å². The van der Waals surface area contributed by atoms with Crippen molar-refractivity contribution in [2.24, 2.45) is 0 Å². The lowest BCUT2D eigenvalue weighted by Crippen LogP contribution is -2.48. The predicted molar refractivity (Wildman–Crippen MR) is 63.7 cm³/mol. The van der Waals surface area contributed by atoms with E-state index in [0.717, 1.165) is 64.8 Å². The molecule has 2 aliphatic heterocycles. The number of piperidine rings is 1. The summed E-state index contributed by atoms with van der Waals surface area (Å²) in [6.07, 6.45) is 6.32. The predicted octanol–water partition coefficient (Wildman–Crippen LogP) is 1.13. The third kappa shape index (κ3) is 2.50. The molecule has 17 heavy (non-hydrogen) atoms. The topological polar surface area (TPSA) is 41.9 Å². The summed E-state index contributed by atoms with van der Waals surface area (Å²) in [6, 6.07) is 0.628. The summed E-state index contributed by atoms with van der Waals surface area (Å²) < 4.78 is 11.5. The van der Waals surface area contributed by atoms with Crippen LogP contribution >= 0.6 is 0 Å². The van der Waals surface area contributed by atoms with Gasteiger partial charge in [-0.15, -0.1) is 0 Å². The van der Waals surface area contributed by atoms with Gasteiger partial charge in [-0.25, -0.2) is 0 Å². The van der Waals surface area contributed by atoms with E-state index in [1.165, 1.54) is 0 Å². The first-order valence-corrected chi connectivity index (χ1v) is 6.97. The minimum atomic E-state index is -0.245. The minimum Gasteiger partial charge on any atom is -0.392 e. The monoisotopic (exact) mass is 241 g/mol. The lowest BCUT2D eigenvalue weighted by molar-refractivity contribution is -0.185. The summed E-state index contributed by atoms with van der Waals surface area (Å²) in [5.74, 6) is -0.245. The summed E-state index contributed by atoms with van der Waals surface area (Å²) >= 11 is 0. The lowest BCUT2D eigenvalue weighted by atomic mass is 9.88. The molecule has 0 radical (unpaired) electrons. The number of nitrogens with zero attached hydrogens (tertiary/aromatic N) is 1. The molecule has 1 saturated carbocycles. The Hall–Kier alpha value is -0.160. The highest BCUT2D eigenvalue weighted by Crippen LogP contribution is 2.37. The van der Waals surface area contributed by atoms with Crippen LogP contribution in [0.5, 0.6) is 0 Å². The summed E-state index contributed by atoms with van der Waals surface area (Å²) in [5.41, 5.74) is 0. The maximum absolute atomic E-state index is 9.72. The van der Waals surface area contributed by atoms with Gasteiger partial charge in [0.05, 0.1) is 19.3 Å². The fourth-order valence-electron chi connectivity index (χ4n) is 3.51. The van der Waals surface area contributed by atoms with Gasteiger partial charge >= 0.3 is 0 Å². The fourth-order valence-corrected chi connectivity index (χ4v) is 3.51. The van der Waals surface area contributed by atoms with Gasteiger partial charge in [0.2, 0.25) is 0 Å². The van der Waals surface area contributed by atoms with Crippen LogP contribution in [0, 0.1) is 0 Å². The zero-order valence-electron chi connectivity index (χ0n) is 10.4. The third-order valence-electron chi connectivity index (χ3n) is 4.47. The number of rotatable bonds is 1. The van der Waals surface area contributed by atoms with Crippen LogP contribution in [0.25, 0.3) is 0 Å². The molecule has 0 aromatic heterocycles. The fraction of sp³-hybridized carbons (Fsp3) is 1.00. The van der Waals surface area contributed by atoms with Crippen molar-refractivity contribution in [3.8, 4) is 0 Å².